The van der Waals surface area contributed by atoms with Crippen molar-refractivity contribution < 1.29 is 93.2 Å². The molecule has 0 bridgehead atoms. The number of benzene rings is 4. The van der Waals surface area contributed by atoms with Crippen LogP contribution < -0.4 is 4.74 Å². The van der Waals surface area contributed by atoms with E-state index < -0.39 is 156 Å². The van der Waals surface area contributed by atoms with Gasteiger partial charge >= 0.3 is 20.2 Å². The maximum atomic E-state index is 14.1. The molecule has 6 rings (SSSR count). The standard InChI is InChI=1S/C28H6F10N2O11S2/c29-13-15(31)19(35)23(20(36)16(13)32)52(45,46)50-39-25(41)9-3-1-7(5-11(9)27(39)43)49-8-2-4-10-12(6-8)28(44)40(26(10)42)51-53(47,48)24-21(37)17(33)14(30)18(34)22(24)38/h1-6H. The average Bonchev–Trinajstić information content (AvgIpc) is 3.46. The topological polar surface area (TPSA) is 171 Å². The molecular formula is C28H6F10N2O11S2. The summed E-state index contributed by atoms with van der Waals surface area (Å²) in [5.41, 5.74) is -2.75. The number of imide groups is 2. The van der Waals surface area contributed by atoms with Crippen molar-refractivity contribution in [2.45, 2.75) is 9.79 Å². The van der Waals surface area contributed by atoms with Gasteiger partial charge in [0.1, 0.15) is 11.5 Å². The number of ether oxygens (including phenoxy) is 1. The molecule has 0 atom stereocenters. The molecule has 0 aromatic heterocycles. The SMILES string of the molecule is O=C1c2ccc(Oc3ccc4c(c3)C(=O)N(OS(=O)(=O)c3c(F)c(F)c(F)c(F)c3F)C4=O)cc2C(=O)N1OS(=O)(=O)c1c(F)c(F)c(F)c(F)c1F. The molecule has 0 fully saturated rings. The summed E-state index contributed by atoms with van der Waals surface area (Å²) >= 11 is 0. The molecule has 0 radical (unpaired) electrons. The van der Waals surface area contributed by atoms with Gasteiger partial charge in [-0.25, -0.2) is 43.9 Å². The van der Waals surface area contributed by atoms with Crippen molar-refractivity contribution in [2.24, 2.45) is 0 Å². The second-order valence-corrected chi connectivity index (χ2v) is 13.1. The van der Waals surface area contributed by atoms with Gasteiger partial charge in [0.05, 0.1) is 22.3 Å². The van der Waals surface area contributed by atoms with E-state index in [0.717, 1.165) is 36.4 Å². The van der Waals surface area contributed by atoms with Crippen molar-refractivity contribution in [3.8, 4) is 11.5 Å². The number of hydrogen-bond acceptors (Lipinski definition) is 11. The van der Waals surface area contributed by atoms with Gasteiger partial charge < -0.3 is 4.74 Å². The molecule has 0 N–H and O–H groups in total. The maximum Gasteiger partial charge on any atom is 0.324 e. The number of hydrogen-bond donors (Lipinski definition) is 0. The lowest BCUT2D eigenvalue weighted by Gasteiger charge is -2.14. The van der Waals surface area contributed by atoms with Crippen LogP contribution in [0.3, 0.4) is 0 Å². The third kappa shape index (κ3) is 5.63. The molecular weight excluding hydrogens is 794 g/mol. The fourth-order valence-corrected chi connectivity index (χ4v) is 6.72. The highest BCUT2D eigenvalue weighted by molar-refractivity contribution is 7.87. The minimum absolute atomic E-state index is 0.423. The number of halogens is 10. The fraction of sp³-hybridized carbons (Fsp3) is 0. The molecule has 0 saturated carbocycles. The van der Waals surface area contributed by atoms with Crippen LogP contribution in [0.2, 0.25) is 0 Å². The summed E-state index contributed by atoms with van der Waals surface area (Å²) in [6.45, 7) is 0. The third-order valence-corrected chi connectivity index (χ3v) is 9.47. The second kappa shape index (κ2) is 12.3. The number of amides is 4. The summed E-state index contributed by atoms with van der Waals surface area (Å²) in [5, 5.41) is -1.17. The van der Waals surface area contributed by atoms with Crippen LogP contribution in [-0.2, 0) is 28.8 Å². The Balaban J connectivity index is 1.23. The number of fused-ring (bicyclic) bond motifs is 2. The van der Waals surface area contributed by atoms with E-state index in [2.05, 4.69) is 8.57 Å². The van der Waals surface area contributed by atoms with Crippen LogP contribution in [0.15, 0.2) is 46.2 Å². The summed E-state index contributed by atoms with van der Waals surface area (Å²) in [6.07, 6.45) is 0. The van der Waals surface area contributed by atoms with Crippen molar-refractivity contribution in [3.63, 3.8) is 0 Å². The molecule has 13 nitrogen and oxygen atoms in total. The van der Waals surface area contributed by atoms with E-state index in [4.69, 9.17) is 4.74 Å². The predicted octanol–water partition coefficient (Wildman–Crippen LogP) is 4.70. The average molecular weight is 800 g/mol. The van der Waals surface area contributed by atoms with Gasteiger partial charge in [-0.1, -0.05) is 0 Å². The summed E-state index contributed by atoms with van der Waals surface area (Å²) in [4.78, 5) is 46.1. The van der Waals surface area contributed by atoms with Crippen LogP contribution in [-0.4, -0.2) is 50.6 Å². The van der Waals surface area contributed by atoms with E-state index >= 15 is 0 Å². The predicted molar refractivity (Wildman–Crippen MR) is 143 cm³/mol. The molecule has 0 aliphatic carbocycles. The van der Waals surface area contributed by atoms with Gasteiger partial charge in [-0.15, -0.1) is 18.7 Å². The molecule has 0 unspecified atom stereocenters. The Morgan fingerprint density at radius 3 is 0.962 bits per heavy atom. The van der Waals surface area contributed by atoms with Crippen LogP contribution in [0.1, 0.15) is 41.4 Å². The first-order chi connectivity index (χ1) is 24.6. The second-order valence-electron chi connectivity index (χ2n) is 10.2. The Hall–Kier alpha value is -5.92. The number of carbonyl (C=O) groups is 4. The van der Waals surface area contributed by atoms with Gasteiger partial charge in [0.2, 0.25) is 11.6 Å². The van der Waals surface area contributed by atoms with Crippen LogP contribution in [0.25, 0.3) is 0 Å². The Bertz CT molecular complexity index is 2400. The highest BCUT2D eigenvalue weighted by atomic mass is 32.2. The summed E-state index contributed by atoms with van der Waals surface area (Å²) in [7, 11) is -12.2. The molecule has 2 heterocycles. The van der Waals surface area contributed by atoms with Crippen molar-refractivity contribution in [1.29, 1.82) is 0 Å². The van der Waals surface area contributed by atoms with Crippen LogP contribution in [0, 0.1) is 58.2 Å². The molecule has 2 aliphatic rings. The zero-order chi connectivity index (χ0) is 39.2. The van der Waals surface area contributed by atoms with Crippen molar-refractivity contribution in [3.05, 3.63) is 117 Å². The first-order valence-corrected chi connectivity index (χ1v) is 16.1. The zero-order valence-corrected chi connectivity index (χ0v) is 26.1. The van der Waals surface area contributed by atoms with Gasteiger partial charge in [-0.2, -0.15) is 16.8 Å². The van der Waals surface area contributed by atoms with E-state index in [0.29, 0.717) is 0 Å². The van der Waals surface area contributed by atoms with Crippen molar-refractivity contribution in [1.82, 2.24) is 10.1 Å². The Morgan fingerprint density at radius 2 is 0.660 bits per heavy atom. The molecule has 4 aromatic rings. The molecule has 0 spiro atoms. The molecule has 53 heavy (non-hydrogen) atoms. The number of hydroxylamine groups is 4. The van der Waals surface area contributed by atoms with Crippen LogP contribution >= 0.6 is 0 Å². The lowest BCUT2D eigenvalue weighted by atomic mass is 10.1. The third-order valence-electron chi connectivity index (χ3n) is 7.06. The van der Waals surface area contributed by atoms with Crippen LogP contribution in [0.5, 0.6) is 11.5 Å². The van der Waals surface area contributed by atoms with Crippen molar-refractivity contribution in [2.75, 3.05) is 0 Å². The molecule has 276 valence electrons. The molecule has 4 amide bonds. The van der Waals surface area contributed by atoms with Gasteiger partial charge in [0.25, 0.3) is 23.6 Å². The summed E-state index contributed by atoms with van der Waals surface area (Å²) < 4.78 is 201. The number of nitrogens with zero attached hydrogens (tertiary/aromatic N) is 2. The number of rotatable bonds is 8. The van der Waals surface area contributed by atoms with Gasteiger partial charge in [-0.3, -0.25) is 19.2 Å². The molecule has 4 aromatic carbocycles. The molecule has 25 heteroatoms. The first-order valence-electron chi connectivity index (χ1n) is 13.3. The maximum absolute atomic E-state index is 14.1. The van der Waals surface area contributed by atoms with E-state index in [1.54, 1.807) is 0 Å². The fourth-order valence-electron chi connectivity index (χ4n) is 4.67. The first kappa shape index (κ1) is 36.9. The van der Waals surface area contributed by atoms with E-state index in [1.165, 1.54) is 0 Å². The summed E-state index contributed by atoms with van der Waals surface area (Å²) in [5.74, 6) is -35.1. The van der Waals surface area contributed by atoms with E-state index in [9.17, 15) is 79.9 Å². The Kier molecular flexibility index (Phi) is 8.59. The van der Waals surface area contributed by atoms with Crippen LogP contribution in [0.4, 0.5) is 43.9 Å². The van der Waals surface area contributed by atoms with E-state index in [1.807, 2.05) is 0 Å². The monoisotopic (exact) mass is 800 g/mol. The van der Waals surface area contributed by atoms with Gasteiger partial charge in [0, 0.05) is 0 Å². The highest BCUT2D eigenvalue weighted by Gasteiger charge is 2.45. The van der Waals surface area contributed by atoms with E-state index in [-0.39, 0.29) is 0 Å². The quantitative estimate of drug-likeness (QED) is 0.105. The Morgan fingerprint density at radius 1 is 0.396 bits per heavy atom. The summed E-state index contributed by atoms with van der Waals surface area (Å²) in [6, 6.07) is 4.94. The minimum atomic E-state index is -6.11. The lowest BCUT2D eigenvalue weighted by molar-refractivity contribution is -0.0111. The van der Waals surface area contributed by atoms with Gasteiger partial charge in [-0.05, 0) is 36.4 Å². The lowest BCUT2D eigenvalue weighted by Crippen LogP contribution is -2.33. The zero-order valence-electron chi connectivity index (χ0n) is 24.4. The highest BCUT2D eigenvalue weighted by Crippen LogP contribution is 2.36. The minimum Gasteiger partial charge on any atom is -0.457 e. The molecule has 0 saturated heterocycles. The van der Waals surface area contributed by atoms with Crippen molar-refractivity contribution >= 4 is 43.9 Å². The smallest absolute Gasteiger partial charge is 0.324 e. The number of carbonyl (C=O) groups excluding carboxylic acids is 4. The van der Waals surface area contributed by atoms with Gasteiger partial charge in [0.15, 0.2) is 56.3 Å². The molecule has 2 aliphatic heterocycles. The normalized spacial score (nSPS) is 14.4. The Labute approximate surface area is 285 Å². The largest absolute Gasteiger partial charge is 0.457 e.